The summed E-state index contributed by atoms with van der Waals surface area (Å²) in [6, 6.07) is 9.91. The Morgan fingerprint density at radius 1 is 1.17 bits per heavy atom. The maximum atomic E-state index is 6.53. The maximum Gasteiger partial charge on any atom is 0.152 e. The minimum absolute atomic E-state index is 0.665. The molecule has 1 fully saturated rings. The van der Waals surface area contributed by atoms with Crippen molar-refractivity contribution in [3.8, 4) is 0 Å². The van der Waals surface area contributed by atoms with Crippen molar-refractivity contribution in [1.82, 2.24) is 9.88 Å². The lowest BCUT2D eigenvalue weighted by molar-refractivity contribution is 0.0336. The van der Waals surface area contributed by atoms with Crippen molar-refractivity contribution in [3.05, 3.63) is 69.6 Å². The monoisotopic (exact) mass is 407 g/mol. The molecule has 3 aliphatic rings. The lowest BCUT2D eigenvalue weighted by atomic mass is 10.0. The first-order chi connectivity index (χ1) is 14.2. The average molecular weight is 408 g/mol. The van der Waals surface area contributed by atoms with Crippen molar-refractivity contribution in [2.45, 2.75) is 13.5 Å². The minimum atomic E-state index is 0.665. The summed E-state index contributed by atoms with van der Waals surface area (Å²) in [4.78, 5) is 16.7. The number of fused-ring (bicyclic) bond motifs is 2. The van der Waals surface area contributed by atoms with Gasteiger partial charge in [0.15, 0.2) is 5.84 Å². The molecule has 2 aromatic rings. The van der Waals surface area contributed by atoms with Gasteiger partial charge in [-0.15, -0.1) is 0 Å². The van der Waals surface area contributed by atoms with Crippen LogP contribution >= 0.6 is 11.6 Å². The summed E-state index contributed by atoms with van der Waals surface area (Å²) in [5, 5.41) is 4.17. The van der Waals surface area contributed by atoms with E-state index in [-0.39, 0.29) is 0 Å². The van der Waals surface area contributed by atoms with Crippen LogP contribution in [0.2, 0.25) is 5.02 Å². The topological polar surface area (TPSA) is 62.1 Å². The van der Waals surface area contributed by atoms with Crippen molar-refractivity contribution in [2.24, 2.45) is 9.98 Å². The first-order valence-electron chi connectivity index (χ1n) is 9.83. The standard InChI is InChI=1S/C22H22ClN5O/c1-14-11-25-22-20(14)27-21(16-4-2-3-5-18(16)23)17-12-24-15(10-19(17)26-22)13-28-6-8-29-9-7-28/h2-5,10,12H,6-9,11,13H2,1H3,(H,25,26). The number of rotatable bonds is 3. The highest BCUT2D eigenvalue weighted by molar-refractivity contribution is 6.36. The van der Waals surface area contributed by atoms with Gasteiger partial charge in [0.1, 0.15) is 5.70 Å². The van der Waals surface area contributed by atoms with Crippen LogP contribution in [0.25, 0.3) is 0 Å². The van der Waals surface area contributed by atoms with Gasteiger partial charge in [0, 0.05) is 42.0 Å². The van der Waals surface area contributed by atoms with Crippen molar-refractivity contribution in [3.63, 3.8) is 0 Å². The highest BCUT2D eigenvalue weighted by Crippen LogP contribution is 2.31. The molecule has 0 unspecified atom stereocenters. The summed E-state index contributed by atoms with van der Waals surface area (Å²) >= 11 is 6.53. The van der Waals surface area contributed by atoms with Crippen LogP contribution in [0, 0.1) is 0 Å². The smallest absolute Gasteiger partial charge is 0.152 e. The van der Waals surface area contributed by atoms with Crippen molar-refractivity contribution < 1.29 is 4.74 Å². The van der Waals surface area contributed by atoms with Gasteiger partial charge in [-0.2, -0.15) is 0 Å². The number of aliphatic imine (C=N–C) groups is 2. The van der Waals surface area contributed by atoms with E-state index in [1.165, 1.54) is 0 Å². The third kappa shape index (κ3) is 3.59. The highest BCUT2D eigenvalue weighted by atomic mass is 35.5. The fourth-order valence-corrected chi connectivity index (χ4v) is 4.05. The summed E-state index contributed by atoms with van der Waals surface area (Å²) in [5.74, 6) is 0.814. The lowest BCUT2D eigenvalue weighted by Crippen LogP contribution is -2.35. The zero-order chi connectivity index (χ0) is 19.8. The first kappa shape index (κ1) is 18.5. The molecule has 1 N–H and O–H groups in total. The molecule has 148 valence electrons. The van der Waals surface area contributed by atoms with E-state index in [0.29, 0.717) is 11.6 Å². The predicted octanol–water partition coefficient (Wildman–Crippen LogP) is 3.52. The third-order valence-electron chi connectivity index (χ3n) is 5.41. The van der Waals surface area contributed by atoms with Gasteiger partial charge >= 0.3 is 0 Å². The van der Waals surface area contributed by atoms with Crippen LogP contribution < -0.4 is 5.32 Å². The van der Waals surface area contributed by atoms with Gasteiger partial charge in [0.05, 0.1) is 36.9 Å². The summed E-state index contributed by atoms with van der Waals surface area (Å²) in [6.07, 6.45) is 1.90. The Bertz CT molecular complexity index is 1050. The number of benzene rings is 1. The van der Waals surface area contributed by atoms with E-state index in [9.17, 15) is 0 Å². The Hall–Kier alpha value is -2.54. The number of ether oxygens (including phenoxy) is 1. The van der Waals surface area contributed by atoms with E-state index < -0.39 is 0 Å². The molecular formula is C22H22ClN5O. The van der Waals surface area contributed by atoms with E-state index in [1.807, 2.05) is 30.5 Å². The first-order valence-corrected chi connectivity index (χ1v) is 10.2. The van der Waals surface area contributed by atoms with Crippen LogP contribution in [0.15, 0.2) is 57.8 Å². The van der Waals surface area contributed by atoms with Crippen LogP contribution in [0.3, 0.4) is 0 Å². The van der Waals surface area contributed by atoms with Gasteiger partial charge in [0.2, 0.25) is 0 Å². The number of nitrogens with zero attached hydrogens (tertiary/aromatic N) is 4. The highest BCUT2D eigenvalue weighted by Gasteiger charge is 2.26. The quantitative estimate of drug-likeness (QED) is 0.845. The molecule has 1 aromatic carbocycles. The van der Waals surface area contributed by atoms with E-state index >= 15 is 0 Å². The molecule has 29 heavy (non-hydrogen) atoms. The van der Waals surface area contributed by atoms with Crippen LogP contribution in [-0.2, 0) is 11.3 Å². The fourth-order valence-electron chi connectivity index (χ4n) is 3.82. The SMILES string of the molecule is CC1=C2N=C(c3ccccc3Cl)c3cnc(CN4CCOCC4)cc3NC2=NC1. The molecule has 6 nitrogen and oxygen atoms in total. The van der Waals surface area contributed by atoms with Crippen LogP contribution in [-0.4, -0.2) is 54.3 Å². The Labute approximate surface area is 175 Å². The Balaban J connectivity index is 1.58. The molecule has 3 aliphatic heterocycles. The zero-order valence-electron chi connectivity index (χ0n) is 16.3. The number of hydrogen-bond acceptors (Lipinski definition) is 6. The van der Waals surface area contributed by atoms with Gasteiger partial charge in [-0.25, -0.2) is 4.99 Å². The average Bonchev–Trinajstić information content (AvgIpc) is 2.98. The molecule has 0 aliphatic carbocycles. The second-order valence-electron chi connectivity index (χ2n) is 7.47. The molecule has 0 spiro atoms. The second kappa shape index (κ2) is 7.71. The molecule has 0 radical (unpaired) electrons. The van der Waals surface area contributed by atoms with Crippen LogP contribution in [0.5, 0.6) is 0 Å². The number of aromatic nitrogens is 1. The Morgan fingerprint density at radius 3 is 2.83 bits per heavy atom. The molecule has 0 amide bonds. The van der Waals surface area contributed by atoms with Gasteiger partial charge in [-0.3, -0.25) is 14.9 Å². The summed E-state index contributed by atoms with van der Waals surface area (Å²) in [5.41, 5.74) is 6.67. The predicted molar refractivity (Wildman–Crippen MR) is 116 cm³/mol. The number of amidine groups is 1. The van der Waals surface area contributed by atoms with Gasteiger partial charge in [-0.1, -0.05) is 29.8 Å². The molecule has 1 aromatic heterocycles. The lowest BCUT2D eigenvalue weighted by Gasteiger charge is -2.26. The number of pyridine rings is 1. The largest absolute Gasteiger partial charge is 0.379 e. The molecule has 0 saturated carbocycles. The van der Waals surface area contributed by atoms with Crippen molar-refractivity contribution >= 4 is 28.8 Å². The van der Waals surface area contributed by atoms with E-state index in [4.69, 9.17) is 26.3 Å². The van der Waals surface area contributed by atoms with Gasteiger partial charge < -0.3 is 10.1 Å². The molecule has 5 rings (SSSR count). The second-order valence-corrected chi connectivity index (χ2v) is 7.88. The number of anilines is 1. The molecule has 1 saturated heterocycles. The fraction of sp³-hybridized carbons (Fsp3) is 0.318. The van der Waals surface area contributed by atoms with E-state index in [1.54, 1.807) is 0 Å². The summed E-state index contributed by atoms with van der Waals surface area (Å²) in [7, 11) is 0. The molecule has 0 bridgehead atoms. The van der Waals surface area contributed by atoms with E-state index in [0.717, 1.165) is 78.2 Å². The van der Waals surface area contributed by atoms with Crippen molar-refractivity contribution in [1.29, 1.82) is 0 Å². The number of halogens is 1. The summed E-state index contributed by atoms with van der Waals surface area (Å²) < 4.78 is 5.45. The van der Waals surface area contributed by atoms with Crippen LogP contribution in [0.1, 0.15) is 23.7 Å². The van der Waals surface area contributed by atoms with Crippen LogP contribution in [0.4, 0.5) is 5.69 Å². The molecular weight excluding hydrogens is 386 g/mol. The molecule has 0 atom stereocenters. The third-order valence-corrected chi connectivity index (χ3v) is 5.74. The number of nitrogens with one attached hydrogen (secondary N) is 1. The van der Waals surface area contributed by atoms with E-state index in [2.05, 4.69) is 28.2 Å². The van der Waals surface area contributed by atoms with Crippen molar-refractivity contribution in [2.75, 3.05) is 38.2 Å². The Kier molecular flexibility index (Phi) is 4.91. The molecule has 7 heteroatoms. The number of morpholine rings is 1. The molecule has 4 heterocycles. The normalized spacial score (nSPS) is 19.1. The minimum Gasteiger partial charge on any atom is -0.379 e. The zero-order valence-corrected chi connectivity index (χ0v) is 17.0. The number of hydrogen-bond donors (Lipinski definition) is 1. The maximum absolute atomic E-state index is 6.53. The summed E-state index contributed by atoms with van der Waals surface area (Å²) in [6.45, 7) is 6.94. The van der Waals surface area contributed by atoms with Gasteiger partial charge in [0.25, 0.3) is 0 Å². The van der Waals surface area contributed by atoms with Gasteiger partial charge in [-0.05, 0) is 24.6 Å². The Morgan fingerprint density at radius 2 is 2.00 bits per heavy atom.